The van der Waals surface area contributed by atoms with Crippen molar-refractivity contribution >= 4 is 34.6 Å². The molecule has 4 nitrogen and oxygen atoms in total. The summed E-state index contributed by atoms with van der Waals surface area (Å²) in [6.07, 6.45) is 1.80. The van der Waals surface area contributed by atoms with Crippen molar-refractivity contribution in [2.24, 2.45) is 4.99 Å². The van der Waals surface area contributed by atoms with Crippen molar-refractivity contribution in [3.8, 4) is 5.75 Å². The van der Waals surface area contributed by atoms with Crippen LogP contribution in [0.3, 0.4) is 0 Å². The molecule has 1 amide bonds. The van der Waals surface area contributed by atoms with Gasteiger partial charge in [-0.25, -0.2) is 4.99 Å². The molecule has 3 rings (SSSR count). The van der Waals surface area contributed by atoms with Gasteiger partial charge in [-0.1, -0.05) is 42.1 Å². The monoisotopic (exact) mass is 337 g/mol. The van der Waals surface area contributed by atoms with E-state index < -0.39 is 0 Å². The molecular formula is C19H15NO3S. The Labute approximate surface area is 144 Å². The highest BCUT2D eigenvalue weighted by Gasteiger charge is 2.23. The van der Waals surface area contributed by atoms with Gasteiger partial charge in [0.25, 0.3) is 5.91 Å². The number of nitrogens with zero attached hydrogens (tertiary/aromatic N) is 1. The molecule has 0 N–H and O–H groups in total. The molecule has 0 unspecified atom stereocenters. The lowest BCUT2D eigenvalue weighted by Gasteiger charge is -2.02. The summed E-state index contributed by atoms with van der Waals surface area (Å²) in [6.45, 7) is 1.52. The summed E-state index contributed by atoms with van der Waals surface area (Å²) in [4.78, 5) is 28.3. The fourth-order valence-electron chi connectivity index (χ4n) is 2.26. The van der Waals surface area contributed by atoms with E-state index in [4.69, 9.17) is 4.74 Å². The first-order valence-corrected chi connectivity index (χ1v) is 8.16. The first kappa shape index (κ1) is 16.2. The molecule has 1 aliphatic heterocycles. The van der Waals surface area contributed by atoms with Crippen LogP contribution in [-0.4, -0.2) is 23.8 Å². The Bertz CT molecular complexity index is 866. The molecule has 0 fully saturated rings. The first-order chi connectivity index (χ1) is 11.6. The Balaban J connectivity index is 1.84. The molecule has 1 aliphatic rings. The summed E-state index contributed by atoms with van der Waals surface area (Å²) in [5.41, 5.74) is 2.29. The van der Waals surface area contributed by atoms with E-state index in [1.54, 1.807) is 31.4 Å². The predicted molar refractivity (Wildman–Crippen MR) is 96.6 cm³/mol. The molecule has 0 spiro atoms. The van der Waals surface area contributed by atoms with E-state index in [0.717, 1.165) is 16.9 Å². The van der Waals surface area contributed by atoms with Gasteiger partial charge >= 0.3 is 0 Å². The topological polar surface area (TPSA) is 55.7 Å². The maximum atomic E-state index is 12.1. The Hall–Kier alpha value is -2.66. The Kier molecular flexibility index (Phi) is 4.62. The second-order valence-corrected chi connectivity index (χ2v) is 6.27. The zero-order chi connectivity index (χ0) is 17.1. The van der Waals surface area contributed by atoms with E-state index in [2.05, 4.69) is 4.99 Å². The van der Waals surface area contributed by atoms with Gasteiger partial charge < -0.3 is 4.74 Å². The lowest BCUT2D eigenvalue weighted by atomic mass is 10.1. The molecule has 0 bridgehead atoms. The summed E-state index contributed by atoms with van der Waals surface area (Å²) in [7, 11) is 1.61. The van der Waals surface area contributed by atoms with Crippen LogP contribution in [0.5, 0.6) is 5.75 Å². The van der Waals surface area contributed by atoms with Gasteiger partial charge in [-0.2, -0.15) is 0 Å². The summed E-state index contributed by atoms with van der Waals surface area (Å²) < 4.78 is 5.12. The highest BCUT2D eigenvalue weighted by Crippen LogP contribution is 2.32. The second-order valence-electron chi connectivity index (χ2n) is 5.24. The molecule has 0 radical (unpaired) electrons. The van der Waals surface area contributed by atoms with Crippen LogP contribution in [0.4, 0.5) is 0 Å². The number of hydrogen-bond acceptors (Lipinski definition) is 4. The normalized spacial score (nSPS) is 15.5. The summed E-state index contributed by atoms with van der Waals surface area (Å²) in [5, 5.41) is 0.614. The smallest absolute Gasteiger partial charge is 0.284 e. The lowest BCUT2D eigenvalue weighted by molar-refractivity contribution is -0.113. The number of hydrogen-bond donors (Lipinski definition) is 0. The minimum atomic E-state index is -0.265. The van der Waals surface area contributed by atoms with Gasteiger partial charge in [0.1, 0.15) is 10.8 Å². The van der Waals surface area contributed by atoms with E-state index in [9.17, 15) is 9.59 Å². The largest absolute Gasteiger partial charge is 0.497 e. The van der Waals surface area contributed by atoms with Crippen molar-refractivity contribution in [2.45, 2.75) is 6.92 Å². The number of aliphatic imine (C=N–C) groups is 1. The third kappa shape index (κ3) is 3.46. The molecular weight excluding hydrogens is 322 g/mol. The molecule has 24 heavy (non-hydrogen) atoms. The van der Waals surface area contributed by atoms with Gasteiger partial charge in [-0.3, -0.25) is 9.59 Å². The highest BCUT2D eigenvalue weighted by atomic mass is 32.2. The summed E-state index contributed by atoms with van der Waals surface area (Å²) >= 11 is 1.32. The SMILES string of the molecule is COc1ccc(/C=C2\SC(c3cccc(C(C)=O)c3)=NC2=O)cc1. The summed E-state index contributed by atoms with van der Waals surface area (Å²) in [6, 6.07) is 14.6. The number of ketones is 1. The van der Waals surface area contributed by atoms with Crippen molar-refractivity contribution in [1.82, 2.24) is 0 Å². The van der Waals surface area contributed by atoms with E-state index >= 15 is 0 Å². The quantitative estimate of drug-likeness (QED) is 0.626. The minimum absolute atomic E-state index is 0.0132. The number of benzene rings is 2. The third-order valence-corrected chi connectivity index (χ3v) is 4.58. The molecule has 0 saturated heterocycles. The van der Waals surface area contributed by atoms with Crippen molar-refractivity contribution in [3.63, 3.8) is 0 Å². The molecule has 2 aromatic carbocycles. The third-order valence-electron chi connectivity index (χ3n) is 3.55. The van der Waals surface area contributed by atoms with Crippen LogP contribution >= 0.6 is 11.8 Å². The highest BCUT2D eigenvalue weighted by molar-refractivity contribution is 8.19. The maximum Gasteiger partial charge on any atom is 0.284 e. The number of ether oxygens (including phenoxy) is 1. The standard InChI is InChI=1S/C19H15NO3S/c1-12(21)14-4-3-5-15(11-14)19-20-18(22)17(24-19)10-13-6-8-16(23-2)9-7-13/h3-11H,1-2H3/b17-10-. The molecule has 1 heterocycles. The molecule has 0 saturated carbocycles. The fourth-order valence-corrected chi connectivity index (χ4v) is 3.16. The van der Waals surface area contributed by atoms with E-state index in [-0.39, 0.29) is 11.7 Å². The zero-order valence-electron chi connectivity index (χ0n) is 13.3. The molecule has 120 valence electrons. The van der Waals surface area contributed by atoms with Crippen LogP contribution in [-0.2, 0) is 4.79 Å². The van der Waals surface area contributed by atoms with Gasteiger partial charge in [0.15, 0.2) is 5.78 Å². The van der Waals surface area contributed by atoms with Crippen molar-refractivity contribution < 1.29 is 14.3 Å². The average Bonchev–Trinajstić information content (AvgIpc) is 2.96. The first-order valence-electron chi connectivity index (χ1n) is 7.35. The maximum absolute atomic E-state index is 12.1. The van der Waals surface area contributed by atoms with E-state index in [0.29, 0.717) is 15.5 Å². The van der Waals surface area contributed by atoms with Gasteiger partial charge in [-0.15, -0.1) is 0 Å². The van der Waals surface area contributed by atoms with Crippen molar-refractivity contribution in [1.29, 1.82) is 0 Å². The molecule has 0 aromatic heterocycles. The molecule has 2 aromatic rings. The van der Waals surface area contributed by atoms with Crippen LogP contribution in [0.25, 0.3) is 6.08 Å². The minimum Gasteiger partial charge on any atom is -0.497 e. The number of Topliss-reactive ketones (excluding diaryl/α,β-unsaturated/α-hetero) is 1. The average molecular weight is 337 g/mol. The van der Waals surface area contributed by atoms with Gasteiger partial charge in [0.05, 0.1) is 12.0 Å². The van der Waals surface area contributed by atoms with Crippen LogP contribution < -0.4 is 4.74 Å². The van der Waals surface area contributed by atoms with Crippen LogP contribution in [0.15, 0.2) is 58.4 Å². The Morgan fingerprint density at radius 2 is 1.92 bits per heavy atom. The Morgan fingerprint density at radius 1 is 1.17 bits per heavy atom. The number of rotatable bonds is 4. The van der Waals surface area contributed by atoms with Gasteiger partial charge in [0, 0.05) is 11.1 Å². The van der Waals surface area contributed by atoms with E-state index in [1.807, 2.05) is 30.3 Å². The van der Waals surface area contributed by atoms with Crippen LogP contribution in [0, 0.1) is 0 Å². The number of carbonyl (C=O) groups is 2. The van der Waals surface area contributed by atoms with E-state index in [1.165, 1.54) is 18.7 Å². The number of amides is 1. The Morgan fingerprint density at radius 3 is 2.58 bits per heavy atom. The van der Waals surface area contributed by atoms with Gasteiger partial charge in [-0.05, 0) is 36.8 Å². The van der Waals surface area contributed by atoms with Crippen LogP contribution in [0.2, 0.25) is 0 Å². The fraction of sp³-hybridized carbons (Fsp3) is 0.105. The molecule has 0 aliphatic carbocycles. The van der Waals surface area contributed by atoms with Crippen molar-refractivity contribution in [3.05, 3.63) is 70.1 Å². The molecule has 0 atom stereocenters. The number of carbonyl (C=O) groups excluding carboxylic acids is 2. The van der Waals surface area contributed by atoms with Gasteiger partial charge in [0.2, 0.25) is 0 Å². The lowest BCUT2D eigenvalue weighted by Crippen LogP contribution is -1.97. The second kappa shape index (κ2) is 6.84. The number of methoxy groups -OCH3 is 1. The van der Waals surface area contributed by atoms with Crippen LogP contribution in [0.1, 0.15) is 28.4 Å². The summed E-state index contributed by atoms with van der Waals surface area (Å²) in [5.74, 6) is 0.486. The zero-order valence-corrected chi connectivity index (χ0v) is 14.1. The molecule has 5 heteroatoms. The van der Waals surface area contributed by atoms with Crippen molar-refractivity contribution in [2.75, 3.05) is 7.11 Å². The number of thioether (sulfide) groups is 1. The predicted octanol–water partition coefficient (Wildman–Crippen LogP) is 3.96.